The van der Waals surface area contributed by atoms with E-state index in [-0.39, 0.29) is 17.4 Å². The topological polar surface area (TPSA) is 46.2 Å². The Morgan fingerprint density at radius 1 is 1.14 bits per heavy atom. The number of nitrogens with two attached hydrogens (primary N) is 1. The van der Waals surface area contributed by atoms with E-state index in [0.717, 1.165) is 24.7 Å². The maximum atomic E-state index is 11.0. The first-order chi connectivity index (χ1) is 10.00. The zero-order valence-electron chi connectivity index (χ0n) is 13.8. The van der Waals surface area contributed by atoms with Crippen LogP contribution in [0.1, 0.15) is 57.9 Å². The standard InChI is InChI=1S/C19H31NO/c1-14(2)16-9-11-19(13-20,12-10-16)18(21)15(3)17-7-5-4-6-8-17/h4-8,14-16,18,21H,9-13,20H2,1-3H3. The third-order valence-corrected chi connectivity index (χ3v) is 5.80. The van der Waals surface area contributed by atoms with Crippen LogP contribution in [-0.4, -0.2) is 17.8 Å². The molecule has 2 atom stereocenters. The Hall–Kier alpha value is -0.860. The highest BCUT2D eigenvalue weighted by molar-refractivity contribution is 5.21. The summed E-state index contributed by atoms with van der Waals surface area (Å²) in [5, 5.41) is 11.0. The first-order valence-corrected chi connectivity index (χ1v) is 8.43. The van der Waals surface area contributed by atoms with Crippen LogP contribution >= 0.6 is 0 Å². The van der Waals surface area contributed by atoms with Crippen LogP contribution in [0.2, 0.25) is 0 Å². The monoisotopic (exact) mass is 289 g/mol. The van der Waals surface area contributed by atoms with E-state index in [2.05, 4.69) is 32.9 Å². The molecule has 0 amide bonds. The van der Waals surface area contributed by atoms with E-state index in [4.69, 9.17) is 5.73 Å². The normalized spacial score (nSPS) is 29.3. The van der Waals surface area contributed by atoms with E-state index in [1.807, 2.05) is 18.2 Å². The molecular weight excluding hydrogens is 258 g/mol. The van der Waals surface area contributed by atoms with Crippen molar-refractivity contribution in [2.75, 3.05) is 6.54 Å². The van der Waals surface area contributed by atoms with Crippen molar-refractivity contribution in [3.8, 4) is 0 Å². The number of hydrogen-bond donors (Lipinski definition) is 2. The lowest BCUT2D eigenvalue weighted by Crippen LogP contribution is -2.47. The molecule has 0 bridgehead atoms. The minimum absolute atomic E-state index is 0.0966. The summed E-state index contributed by atoms with van der Waals surface area (Å²) in [6, 6.07) is 10.3. The van der Waals surface area contributed by atoms with Crippen LogP contribution in [0.4, 0.5) is 0 Å². The van der Waals surface area contributed by atoms with Gasteiger partial charge in [-0.25, -0.2) is 0 Å². The lowest BCUT2D eigenvalue weighted by atomic mass is 9.62. The zero-order valence-corrected chi connectivity index (χ0v) is 13.8. The molecule has 2 rings (SSSR count). The van der Waals surface area contributed by atoms with E-state index in [9.17, 15) is 5.11 Å². The van der Waals surface area contributed by atoms with Gasteiger partial charge in [0.05, 0.1) is 6.10 Å². The van der Waals surface area contributed by atoms with Crippen LogP contribution in [-0.2, 0) is 0 Å². The molecular formula is C19H31NO. The van der Waals surface area contributed by atoms with Crippen molar-refractivity contribution in [3.63, 3.8) is 0 Å². The summed E-state index contributed by atoms with van der Waals surface area (Å²) in [4.78, 5) is 0. The van der Waals surface area contributed by atoms with Crippen molar-refractivity contribution < 1.29 is 5.11 Å². The minimum Gasteiger partial charge on any atom is -0.392 e. The largest absolute Gasteiger partial charge is 0.392 e. The predicted octanol–water partition coefficient (Wildman–Crippen LogP) is 3.94. The number of aliphatic hydroxyl groups excluding tert-OH is 1. The number of hydrogen-bond acceptors (Lipinski definition) is 2. The highest BCUT2D eigenvalue weighted by atomic mass is 16.3. The molecule has 2 heteroatoms. The van der Waals surface area contributed by atoms with Gasteiger partial charge in [0, 0.05) is 17.9 Å². The fraction of sp³-hybridized carbons (Fsp3) is 0.684. The average Bonchev–Trinajstić information content (AvgIpc) is 2.54. The van der Waals surface area contributed by atoms with Gasteiger partial charge in [-0.1, -0.05) is 51.1 Å². The molecule has 1 aliphatic rings. The lowest BCUT2D eigenvalue weighted by molar-refractivity contribution is -0.0259. The summed E-state index contributed by atoms with van der Waals surface area (Å²) < 4.78 is 0. The summed E-state index contributed by atoms with van der Waals surface area (Å²) in [7, 11) is 0. The van der Waals surface area contributed by atoms with Crippen molar-refractivity contribution in [2.24, 2.45) is 23.0 Å². The van der Waals surface area contributed by atoms with Crippen LogP contribution < -0.4 is 5.73 Å². The second-order valence-corrected chi connectivity index (χ2v) is 7.29. The van der Waals surface area contributed by atoms with Crippen LogP contribution in [0.25, 0.3) is 0 Å². The maximum absolute atomic E-state index is 11.0. The Labute approximate surface area is 129 Å². The second kappa shape index (κ2) is 6.93. The van der Waals surface area contributed by atoms with Crippen molar-refractivity contribution in [1.82, 2.24) is 0 Å². The van der Waals surface area contributed by atoms with E-state index < -0.39 is 0 Å². The first-order valence-electron chi connectivity index (χ1n) is 8.43. The number of aliphatic hydroxyl groups is 1. The first kappa shape index (κ1) is 16.5. The Morgan fingerprint density at radius 3 is 2.19 bits per heavy atom. The lowest BCUT2D eigenvalue weighted by Gasteiger charge is -2.45. The van der Waals surface area contributed by atoms with E-state index in [0.29, 0.717) is 6.54 Å². The SMILES string of the molecule is CC(C)C1CCC(CN)(C(O)C(C)c2ccccc2)CC1. The van der Waals surface area contributed by atoms with E-state index >= 15 is 0 Å². The smallest absolute Gasteiger partial charge is 0.0674 e. The van der Waals surface area contributed by atoms with Gasteiger partial charge in [0.25, 0.3) is 0 Å². The highest BCUT2D eigenvalue weighted by Crippen LogP contribution is 2.46. The van der Waals surface area contributed by atoms with Crippen molar-refractivity contribution in [2.45, 2.75) is 58.5 Å². The third kappa shape index (κ3) is 3.49. The van der Waals surface area contributed by atoms with Gasteiger partial charge in [-0.15, -0.1) is 0 Å². The molecule has 0 heterocycles. The fourth-order valence-corrected chi connectivity index (χ4v) is 3.97. The second-order valence-electron chi connectivity index (χ2n) is 7.29. The Bertz CT molecular complexity index is 420. The summed E-state index contributed by atoms with van der Waals surface area (Å²) in [6.07, 6.45) is 4.17. The van der Waals surface area contributed by atoms with Crippen LogP contribution in [0.3, 0.4) is 0 Å². The van der Waals surface area contributed by atoms with Gasteiger partial charge in [-0.3, -0.25) is 0 Å². The molecule has 1 aromatic rings. The molecule has 21 heavy (non-hydrogen) atoms. The highest BCUT2D eigenvalue weighted by Gasteiger charge is 2.43. The van der Waals surface area contributed by atoms with Gasteiger partial charge in [-0.2, -0.15) is 0 Å². The molecule has 3 N–H and O–H groups in total. The average molecular weight is 289 g/mol. The van der Waals surface area contributed by atoms with Gasteiger partial charge in [0.2, 0.25) is 0 Å². The molecule has 0 spiro atoms. The minimum atomic E-state index is -0.349. The van der Waals surface area contributed by atoms with Crippen LogP contribution in [0, 0.1) is 17.3 Å². The molecule has 0 saturated heterocycles. The number of benzene rings is 1. The molecule has 1 aliphatic carbocycles. The molecule has 1 saturated carbocycles. The molecule has 118 valence electrons. The van der Waals surface area contributed by atoms with Gasteiger partial charge >= 0.3 is 0 Å². The van der Waals surface area contributed by atoms with Crippen molar-refractivity contribution in [1.29, 1.82) is 0 Å². The predicted molar refractivity (Wildman–Crippen MR) is 89.1 cm³/mol. The summed E-state index contributed by atoms with van der Waals surface area (Å²) in [5.74, 6) is 1.68. The third-order valence-electron chi connectivity index (χ3n) is 5.80. The van der Waals surface area contributed by atoms with Crippen LogP contribution in [0.15, 0.2) is 30.3 Å². The molecule has 1 aromatic carbocycles. The van der Waals surface area contributed by atoms with Crippen molar-refractivity contribution >= 4 is 0 Å². The summed E-state index contributed by atoms with van der Waals surface area (Å²) >= 11 is 0. The van der Waals surface area contributed by atoms with Gasteiger partial charge in [-0.05, 0) is 43.1 Å². The zero-order chi connectivity index (χ0) is 15.5. The molecule has 2 unspecified atom stereocenters. The molecule has 1 fully saturated rings. The maximum Gasteiger partial charge on any atom is 0.0674 e. The van der Waals surface area contributed by atoms with E-state index in [1.165, 1.54) is 18.4 Å². The summed E-state index contributed by atoms with van der Waals surface area (Å²) in [6.45, 7) is 7.34. The Kier molecular flexibility index (Phi) is 5.45. The van der Waals surface area contributed by atoms with Crippen molar-refractivity contribution in [3.05, 3.63) is 35.9 Å². The van der Waals surface area contributed by atoms with Gasteiger partial charge in [0.15, 0.2) is 0 Å². The quantitative estimate of drug-likeness (QED) is 0.862. The summed E-state index contributed by atoms with van der Waals surface area (Å²) in [5.41, 5.74) is 7.23. The van der Waals surface area contributed by atoms with Gasteiger partial charge < -0.3 is 10.8 Å². The number of rotatable bonds is 5. The van der Waals surface area contributed by atoms with Crippen LogP contribution in [0.5, 0.6) is 0 Å². The molecule has 0 aromatic heterocycles. The Balaban J connectivity index is 2.10. The molecule has 0 aliphatic heterocycles. The van der Waals surface area contributed by atoms with Gasteiger partial charge in [0.1, 0.15) is 0 Å². The molecule has 2 nitrogen and oxygen atoms in total. The molecule has 0 radical (unpaired) electrons. The van der Waals surface area contributed by atoms with E-state index in [1.54, 1.807) is 0 Å². The fourth-order valence-electron chi connectivity index (χ4n) is 3.97. The Morgan fingerprint density at radius 2 is 1.71 bits per heavy atom.